The quantitative estimate of drug-likeness (QED) is 0.813. The topological polar surface area (TPSA) is 27.8 Å². The van der Waals surface area contributed by atoms with Crippen LogP contribution in [0.25, 0.3) is 10.9 Å². The summed E-state index contributed by atoms with van der Waals surface area (Å²) in [5.41, 5.74) is 2.95. The molecular formula is C19H24N2. The summed E-state index contributed by atoms with van der Waals surface area (Å²) < 4.78 is 0. The van der Waals surface area contributed by atoms with Crippen LogP contribution in [0.1, 0.15) is 31.7 Å². The van der Waals surface area contributed by atoms with Gasteiger partial charge < -0.3 is 10.3 Å². The van der Waals surface area contributed by atoms with Crippen LogP contribution in [0, 0.1) is 11.8 Å². The molecule has 1 aromatic heterocycles. The van der Waals surface area contributed by atoms with E-state index in [1.54, 1.807) is 0 Å². The zero-order valence-corrected chi connectivity index (χ0v) is 12.7. The van der Waals surface area contributed by atoms with E-state index < -0.39 is 0 Å². The number of fused-ring (bicyclic) bond motifs is 3. The molecule has 3 heterocycles. The number of H-pyrrole nitrogens is 1. The predicted octanol–water partition coefficient (Wildman–Crippen LogP) is 4.04. The van der Waals surface area contributed by atoms with E-state index in [4.69, 9.17) is 0 Å². The molecule has 21 heavy (non-hydrogen) atoms. The number of aromatic nitrogens is 1. The summed E-state index contributed by atoms with van der Waals surface area (Å²) in [5.74, 6) is 1.57. The molecule has 2 aliphatic heterocycles. The first-order valence-electron chi connectivity index (χ1n) is 8.30. The molecule has 2 nitrogen and oxygen atoms in total. The van der Waals surface area contributed by atoms with Crippen molar-refractivity contribution in [3.8, 4) is 0 Å². The lowest BCUT2D eigenvalue weighted by atomic mass is 9.66. The fourth-order valence-electron chi connectivity index (χ4n) is 4.36. The zero-order valence-electron chi connectivity index (χ0n) is 12.7. The van der Waals surface area contributed by atoms with E-state index in [1.807, 2.05) is 0 Å². The number of hydrogen-bond donors (Lipinski definition) is 2. The third-order valence-corrected chi connectivity index (χ3v) is 5.65. The molecule has 1 fully saturated rings. The molecule has 2 heteroatoms. The summed E-state index contributed by atoms with van der Waals surface area (Å²) in [7, 11) is 0. The molecule has 1 aromatic carbocycles. The van der Waals surface area contributed by atoms with E-state index in [0.717, 1.165) is 18.3 Å². The van der Waals surface area contributed by atoms with Gasteiger partial charge in [0.25, 0.3) is 0 Å². The summed E-state index contributed by atoms with van der Waals surface area (Å²) >= 11 is 0. The Morgan fingerprint density at radius 1 is 1.29 bits per heavy atom. The van der Waals surface area contributed by atoms with Gasteiger partial charge in [-0.05, 0) is 42.7 Å². The smallest absolute Gasteiger partial charge is 0.0456 e. The Bertz CT molecular complexity index is 669. The fraction of sp³-hybridized carbons (Fsp3) is 0.474. The van der Waals surface area contributed by atoms with Crippen LogP contribution in [0.4, 0.5) is 0 Å². The van der Waals surface area contributed by atoms with Gasteiger partial charge in [0.2, 0.25) is 0 Å². The van der Waals surface area contributed by atoms with Crippen molar-refractivity contribution in [1.82, 2.24) is 10.3 Å². The van der Waals surface area contributed by atoms with Crippen molar-refractivity contribution in [2.45, 2.75) is 38.1 Å². The first-order valence-corrected chi connectivity index (χ1v) is 8.30. The molecule has 1 saturated heterocycles. The Morgan fingerprint density at radius 2 is 2.19 bits per heavy atom. The van der Waals surface area contributed by atoms with Gasteiger partial charge in [-0.2, -0.15) is 0 Å². The number of piperidine rings is 1. The maximum atomic E-state index is 3.85. The SMILES string of the molecule is CCC1CC2C=CC1(CCc1c[nH]c3ccccc13)NC2. The number of aromatic amines is 1. The van der Waals surface area contributed by atoms with E-state index in [9.17, 15) is 0 Å². The van der Waals surface area contributed by atoms with Gasteiger partial charge >= 0.3 is 0 Å². The maximum Gasteiger partial charge on any atom is 0.0456 e. The van der Waals surface area contributed by atoms with Crippen LogP contribution < -0.4 is 5.32 Å². The maximum absolute atomic E-state index is 3.85. The zero-order chi connectivity index (χ0) is 14.3. The van der Waals surface area contributed by atoms with Gasteiger partial charge in [-0.1, -0.05) is 43.7 Å². The van der Waals surface area contributed by atoms with Crippen molar-refractivity contribution in [3.05, 3.63) is 48.2 Å². The second-order valence-electron chi connectivity index (χ2n) is 6.74. The Labute approximate surface area is 126 Å². The van der Waals surface area contributed by atoms with Gasteiger partial charge in [-0.25, -0.2) is 0 Å². The van der Waals surface area contributed by atoms with Crippen molar-refractivity contribution < 1.29 is 0 Å². The Kier molecular flexibility index (Phi) is 3.15. The Morgan fingerprint density at radius 3 is 3.00 bits per heavy atom. The van der Waals surface area contributed by atoms with Crippen molar-refractivity contribution in [1.29, 1.82) is 0 Å². The van der Waals surface area contributed by atoms with Crippen molar-refractivity contribution in [2.24, 2.45) is 11.8 Å². The highest BCUT2D eigenvalue weighted by Crippen LogP contribution is 2.41. The highest BCUT2D eigenvalue weighted by Gasteiger charge is 2.42. The van der Waals surface area contributed by atoms with Crippen LogP contribution in [0.15, 0.2) is 42.6 Å². The molecule has 0 radical (unpaired) electrons. The average Bonchev–Trinajstić information content (AvgIpc) is 2.97. The standard InChI is InChI=1S/C19H24N2/c1-2-16-11-14-7-9-19(16,21-12-14)10-8-15-13-20-18-6-4-3-5-17(15)18/h3-7,9,13-14,16,20-21H,2,8,10-12H2,1H3. The molecule has 0 amide bonds. The second kappa shape index (κ2) is 5.03. The highest BCUT2D eigenvalue weighted by molar-refractivity contribution is 5.83. The molecule has 0 saturated carbocycles. The van der Waals surface area contributed by atoms with Gasteiger partial charge in [0, 0.05) is 29.2 Å². The van der Waals surface area contributed by atoms with Crippen LogP contribution in [0.5, 0.6) is 0 Å². The summed E-state index contributed by atoms with van der Waals surface area (Å²) in [6, 6.07) is 8.63. The number of benzene rings is 1. The Balaban J connectivity index is 1.58. The molecule has 0 spiro atoms. The molecule has 2 aromatic rings. The van der Waals surface area contributed by atoms with Gasteiger partial charge in [0.15, 0.2) is 0 Å². The van der Waals surface area contributed by atoms with Gasteiger partial charge in [-0.3, -0.25) is 0 Å². The number of rotatable bonds is 4. The minimum atomic E-state index is 0.238. The summed E-state index contributed by atoms with van der Waals surface area (Å²) in [4.78, 5) is 3.40. The summed E-state index contributed by atoms with van der Waals surface area (Å²) in [6.45, 7) is 3.51. The average molecular weight is 280 g/mol. The highest BCUT2D eigenvalue weighted by atomic mass is 15.0. The van der Waals surface area contributed by atoms with Crippen LogP contribution in [-0.4, -0.2) is 17.1 Å². The molecule has 1 aliphatic carbocycles. The lowest BCUT2D eigenvalue weighted by Gasteiger charge is -2.49. The van der Waals surface area contributed by atoms with Gasteiger partial charge in [0.05, 0.1) is 0 Å². The minimum Gasteiger partial charge on any atom is -0.361 e. The molecule has 3 unspecified atom stereocenters. The predicted molar refractivity (Wildman–Crippen MR) is 88.4 cm³/mol. The normalized spacial score (nSPS) is 31.1. The van der Waals surface area contributed by atoms with Crippen LogP contribution in [0.3, 0.4) is 0 Å². The summed E-state index contributed by atoms with van der Waals surface area (Å²) in [5, 5.41) is 5.23. The van der Waals surface area contributed by atoms with Crippen molar-refractivity contribution >= 4 is 10.9 Å². The lowest BCUT2D eigenvalue weighted by molar-refractivity contribution is 0.144. The van der Waals surface area contributed by atoms with Crippen molar-refractivity contribution in [3.63, 3.8) is 0 Å². The summed E-state index contributed by atoms with van der Waals surface area (Å²) in [6.07, 6.45) is 12.1. The molecule has 2 N–H and O–H groups in total. The largest absolute Gasteiger partial charge is 0.361 e. The molecule has 3 aliphatic rings. The number of hydrogen-bond acceptors (Lipinski definition) is 1. The van der Waals surface area contributed by atoms with Crippen LogP contribution >= 0.6 is 0 Å². The van der Waals surface area contributed by atoms with Gasteiger partial charge in [-0.15, -0.1) is 0 Å². The molecule has 110 valence electrons. The first kappa shape index (κ1) is 13.1. The first-order chi connectivity index (χ1) is 10.3. The third-order valence-electron chi connectivity index (χ3n) is 5.65. The molecule has 3 atom stereocenters. The van der Waals surface area contributed by atoms with E-state index in [2.05, 4.69) is 59.8 Å². The lowest BCUT2D eigenvalue weighted by Crippen LogP contribution is -2.58. The van der Waals surface area contributed by atoms with Crippen LogP contribution in [-0.2, 0) is 6.42 Å². The minimum absolute atomic E-state index is 0.238. The molecule has 5 rings (SSSR count). The van der Waals surface area contributed by atoms with Crippen molar-refractivity contribution in [2.75, 3.05) is 6.54 Å². The van der Waals surface area contributed by atoms with Crippen LogP contribution in [0.2, 0.25) is 0 Å². The second-order valence-corrected chi connectivity index (χ2v) is 6.74. The van der Waals surface area contributed by atoms with E-state index in [-0.39, 0.29) is 5.54 Å². The number of aryl methyl sites for hydroxylation is 1. The monoisotopic (exact) mass is 280 g/mol. The Hall–Kier alpha value is -1.54. The van der Waals surface area contributed by atoms with Gasteiger partial charge in [0.1, 0.15) is 0 Å². The molecular weight excluding hydrogens is 256 g/mol. The molecule has 2 bridgehead atoms. The van der Waals surface area contributed by atoms with E-state index in [1.165, 1.54) is 42.3 Å². The van der Waals surface area contributed by atoms with E-state index >= 15 is 0 Å². The fourth-order valence-corrected chi connectivity index (χ4v) is 4.36. The third kappa shape index (κ3) is 2.13. The number of nitrogens with one attached hydrogen (secondary N) is 2. The number of para-hydroxylation sites is 1. The van der Waals surface area contributed by atoms with E-state index in [0.29, 0.717) is 0 Å².